The normalized spacial score (nSPS) is 6.90. The molecule has 0 aromatic carbocycles. The van der Waals surface area contributed by atoms with Gasteiger partial charge in [-0.3, -0.25) is 0 Å². The van der Waals surface area contributed by atoms with Crippen LogP contribution in [0.3, 0.4) is 0 Å². The minimum absolute atomic E-state index is 0. The Labute approximate surface area is 140 Å². The molecule has 0 unspecified atom stereocenters. The first kappa shape index (κ1) is 37.1. The Hall–Kier alpha value is 0.514. The van der Waals surface area contributed by atoms with Crippen LogP contribution in [0.4, 0.5) is 0 Å². The molecule has 0 aromatic heterocycles. The van der Waals surface area contributed by atoms with Gasteiger partial charge >= 0.3 is 21.7 Å². The third-order valence-corrected chi connectivity index (χ3v) is 0.816. The van der Waals surface area contributed by atoms with Crippen LogP contribution in [0.15, 0.2) is 0 Å². The van der Waals surface area contributed by atoms with E-state index in [1.807, 2.05) is 27.7 Å². The summed E-state index contributed by atoms with van der Waals surface area (Å²) >= 11 is 0. The van der Waals surface area contributed by atoms with Crippen molar-refractivity contribution in [1.82, 2.24) is 0 Å². The maximum Gasteiger partial charge on any atom is 4.00 e. The van der Waals surface area contributed by atoms with Crippen LogP contribution < -0.4 is 20.4 Å². The van der Waals surface area contributed by atoms with Crippen molar-refractivity contribution in [3.63, 3.8) is 0 Å². The van der Waals surface area contributed by atoms with Gasteiger partial charge in [-0.15, -0.1) is 26.4 Å². The fourth-order valence-electron chi connectivity index (χ4n) is 0. The van der Waals surface area contributed by atoms with Gasteiger partial charge in [-0.2, -0.15) is 0 Å². The molecule has 0 rings (SSSR count). The van der Waals surface area contributed by atoms with Gasteiger partial charge in [0.2, 0.25) is 0 Å². The molecule has 6 heteroatoms. The maximum atomic E-state index is 9.30. The standard InChI is InChI=1S/4C3H7O.C2H6O.Ti/c4*1-2-3-4;1-2-3;/h4*2-3H2,1H3;3H,2H2,1H3;/q4*-1;;+4. The van der Waals surface area contributed by atoms with Crippen molar-refractivity contribution in [2.45, 2.75) is 60.3 Å². The van der Waals surface area contributed by atoms with E-state index in [0.29, 0.717) is 0 Å². The van der Waals surface area contributed by atoms with Crippen molar-refractivity contribution >= 4 is 0 Å². The van der Waals surface area contributed by atoms with Gasteiger partial charge in [0, 0.05) is 6.61 Å². The second-order valence-corrected chi connectivity index (χ2v) is 3.13. The van der Waals surface area contributed by atoms with Crippen LogP contribution >= 0.6 is 0 Å². The van der Waals surface area contributed by atoms with E-state index in [1.165, 1.54) is 0 Å². The Kier molecular flexibility index (Phi) is 137. The molecule has 0 spiro atoms. The number of rotatable bonds is 4. The summed E-state index contributed by atoms with van der Waals surface area (Å²) < 4.78 is 0. The number of hydrogen-bond donors (Lipinski definition) is 1. The van der Waals surface area contributed by atoms with Crippen LogP contribution in [0.1, 0.15) is 60.3 Å². The van der Waals surface area contributed by atoms with Crippen LogP contribution in [0, 0.1) is 0 Å². The van der Waals surface area contributed by atoms with E-state index in [4.69, 9.17) is 5.11 Å². The molecule has 0 aliphatic heterocycles. The Bertz CT molecular complexity index is 54.6. The molecule has 0 aliphatic rings. The monoisotopic (exact) mass is 330 g/mol. The molecule has 1 N–H and O–H groups in total. The van der Waals surface area contributed by atoms with Crippen LogP contribution in [-0.4, -0.2) is 38.1 Å². The third-order valence-electron chi connectivity index (χ3n) is 0.816. The van der Waals surface area contributed by atoms with Crippen molar-refractivity contribution in [1.29, 1.82) is 0 Å². The van der Waals surface area contributed by atoms with E-state index < -0.39 is 0 Å². The molecule has 0 fully saturated rings. The first-order valence-corrected chi connectivity index (χ1v) is 7.01. The average molecular weight is 330 g/mol. The van der Waals surface area contributed by atoms with Gasteiger partial charge in [0.25, 0.3) is 0 Å². The predicted octanol–water partition coefficient (Wildman–Crippen LogP) is -0.977. The van der Waals surface area contributed by atoms with Gasteiger partial charge in [-0.25, -0.2) is 0 Å². The van der Waals surface area contributed by atoms with Crippen LogP contribution in [0.25, 0.3) is 0 Å². The van der Waals surface area contributed by atoms with Crippen molar-refractivity contribution in [2.75, 3.05) is 33.0 Å². The topological polar surface area (TPSA) is 112 Å². The van der Waals surface area contributed by atoms with Crippen LogP contribution in [0.5, 0.6) is 0 Å². The van der Waals surface area contributed by atoms with Crippen molar-refractivity contribution in [2.24, 2.45) is 0 Å². The Morgan fingerprint density at radius 1 is 0.550 bits per heavy atom. The van der Waals surface area contributed by atoms with E-state index in [-0.39, 0.29) is 54.8 Å². The fourth-order valence-corrected chi connectivity index (χ4v) is 0. The number of hydrogen-bond acceptors (Lipinski definition) is 5. The van der Waals surface area contributed by atoms with Crippen molar-refractivity contribution < 1.29 is 47.3 Å². The van der Waals surface area contributed by atoms with Crippen LogP contribution in [-0.2, 0) is 21.7 Å². The Morgan fingerprint density at radius 2 is 0.600 bits per heavy atom. The van der Waals surface area contributed by atoms with E-state index in [0.717, 1.165) is 25.7 Å². The number of aliphatic hydroxyl groups excluding tert-OH is 1. The van der Waals surface area contributed by atoms with Gasteiger partial charge in [0.1, 0.15) is 0 Å². The smallest absolute Gasteiger partial charge is 0.854 e. The van der Waals surface area contributed by atoms with E-state index in [2.05, 4.69) is 0 Å². The first-order chi connectivity index (χ1) is 9.07. The predicted molar refractivity (Wildman–Crippen MR) is 73.4 cm³/mol. The third kappa shape index (κ3) is 279. The molecule has 0 heterocycles. The summed E-state index contributed by atoms with van der Waals surface area (Å²) in [5.41, 5.74) is 0. The van der Waals surface area contributed by atoms with Gasteiger partial charge in [0.15, 0.2) is 0 Å². The second kappa shape index (κ2) is 73.9. The molecule has 0 saturated heterocycles. The molecule has 124 valence electrons. The van der Waals surface area contributed by atoms with E-state index >= 15 is 0 Å². The zero-order valence-corrected chi connectivity index (χ0v) is 15.5. The summed E-state index contributed by atoms with van der Waals surface area (Å²) in [7, 11) is 0. The van der Waals surface area contributed by atoms with Crippen molar-refractivity contribution in [3.8, 4) is 0 Å². The van der Waals surface area contributed by atoms with E-state index in [9.17, 15) is 20.4 Å². The molecule has 0 radical (unpaired) electrons. The molecular weight excluding hydrogens is 296 g/mol. The number of aliphatic hydroxyl groups is 1. The Balaban J connectivity index is -0.0000000304. The molecule has 5 nitrogen and oxygen atoms in total. The molecule has 0 atom stereocenters. The largest absolute Gasteiger partial charge is 4.00 e. The summed E-state index contributed by atoms with van der Waals surface area (Å²) in [4.78, 5) is 0. The fraction of sp³-hybridized carbons (Fsp3) is 1.00. The zero-order valence-electron chi connectivity index (χ0n) is 13.9. The second-order valence-electron chi connectivity index (χ2n) is 3.13. The van der Waals surface area contributed by atoms with Crippen LogP contribution in [0.2, 0.25) is 0 Å². The molecule has 20 heavy (non-hydrogen) atoms. The summed E-state index contributed by atoms with van der Waals surface area (Å²) in [5.74, 6) is 0. The zero-order chi connectivity index (χ0) is 16.4. The minimum atomic E-state index is 0. The molecule has 0 saturated carbocycles. The molecular formula is C14H34O5Ti. The van der Waals surface area contributed by atoms with E-state index in [1.54, 1.807) is 6.92 Å². The Morgan fingerprint density at radius 3 is 0.600 bits per heavy atom. The summed E-state index contributed by atoms with van der Waals surface area (Å²) in [5, 5.41) is 44.8. The molecule has 0 aliphatic carbocycles. The first-order valence-electron chi connectivity index (χ1n) is 7.01. The summed E-state index contributed by atoms with van der Waals surface area (Å²) in [6, 6.07) is 0. The average Bonchev–Trinajstić information content (AvgIpc) is 2.48. The maximum absolute atomic E-state index is 9.30. The SMILES string of the molecule is CCC[O-].CCC[O-].CCC[O-].CCC[O-].CCO.[Ti+4]. The quantitative estimate of drug-likeness (QED) is 0.666. The van der Waals surface area contributed by atoms with Gasteiger partial charge in [0.05, 0.1) is 0 Å². The molecule has 0 aromatic rings. The molecule has 0 amide bonds. The van der Waals surface area contributed by atoms with Gasteiger partial charge in [-0.1, -0.05) is 53.4 Å². The summed E-state index contributed by atoms with van der Waals surface area (Å²) in [6.07, 6.45) is 3.06. The minimum Gasteiger partial charge on any atom is -0.854 e. The molecule has 0 bridgehead atoms. The van der Waals surface area contributed by atoms with Gasteiger partial charge < -0.3 is 25.5 Å². The van der Waals surface area contributed by atoms with Crippen molar-refractivity contribution in [3.05, 3.63) is 0 Å². The van der Waals surface area contributed by atoms with Gasteiger partial charge in [-0.05, 0) is 6.92 Å². The summed E-state index contributed by atoms with van der Waals surface area (Å²) in [6.45, 7) is 9.68.